The Bertz CT molecular complexity index is 1190. The Morgan fingerprint density at radius 2 is 2.11 bits per heavy atom. The first-order valence-electron chi connectivity index (χ1n) is 8.94. The third-order valence-corrected chi connectivity index (χ3v) is 6.94. The number of carbonyl (C=O) groups excluding carboxylic acids is 1. The molecule has 1 amide bonds. The van der Waals surface area contributed by atoms with E-state index in [0.717, 1.165) is 10.9 Å². The van der Waals surface area contributed by atoms with Crippen LogP contribution in [0.3, 0.4) is 0 Å². The van der Waals surface area contributed by atoms with Crippen LogP contribution >= 0.6 is 0 Å². The van der Waals surface area contributed by atoms with Crippen LogP contribution in [0.1, 0.15) is 16.8 Å². The zero-order valence-electron chi connectivity index (χ0n) is 14.9. The first kappa shape index (κ1) is 17.2. The van der Waals surface area contributed by atoms with Gasteiger partial charge in [-0.05, 0) is 18.6 Å². The maximum absolute atomic E-state index is 13.1. The van der Waals surface area contributed by atoms with Crippen molar-refractivity contribution in [3.63, 3.8) is 0 Å². The number of amides is 1. The lowest BCUT2D eigenvalue weighted by atomic mass is 10.0. The highest BCUT2D eigenvalue weighted by atomic mass is 32.2. The summed E-state index contributed by atoms with van der Waals surface area (Å²) in [5.74, 6) is 0.151. The molecule has 1 unspecified atom stereocenters. The van der Waals surface area contributed by atoms with Gasteiger partial charge in [0.1, 0.15) is 17.3 Å². The number of H-pyrrole nitrogens is 1. The van der Waals surface area contributed by atoms with Crippen molar-refractivity contribution < 1.29 is 17.9 Å². The van der Waals surface area contributed by atoms with Crippen molar-refractivity contribution in [3.8, 4) is 5.75 Å². The highest BCUT2D eigenvalue weighted by Crippen LogP contribution is 2.33. The Labute approximate surface area is 161 Å². The van der Waals surface area contributed by atoms with Crippen LogP contribution in [0.5, 0.6) is 5.75 Å². The monoisotopic (exact) mass is 398 g/mol. The normalized spacial score (nSPS) is 23.4. The van der Waals surface area contributed by atoms with Crippen LogP contribution in [-0.4, -0.2) is 54.4 Å². The third kappa shape index (κ3) is 2.66. The van der Waals surface area contributed by atoms with Crippen LogP contribution in [0.2, 0.25) is 0 Å². The standard InChI is InChI=1S/C19H18N4O4S/c24-18(14-9-21-15-4-2-1-3-13(14)15)23-8-6-19(11-23)12-27-16-5-7-20-10-17(16)28(25,26)22-19/h1-5,7,9-10,21-22H,6,8,11-12H2. The van der Waals surface area contributed by atoms with Crippen LogP contribution < -0.4 is 9.46 Å². The molecule has 1 atom stereocenters. The molecule has 9 heteroatoms. The lowest BCUT2D eigenvalue weighted by Crippen LogP contribution is -2.53. The summed E-state index contributed by atoms with van der Waals surface area (Å²) < 4.78 is 34.1. The minimum absolute atomic E-state index is 0.0216. The molecular weight excluding hydrogens is 380 g/mol. The van der Waals surface area contributed by atoms with E-state index >= 15 is 0 Å². The number of benzene rings is 1. The number of pyridine rings is 1. The molecule has 2 N–H and O–H groups in total. The molecule has 0 saturated carbocycles. The van der Waals surface area contributed by atoms with Gasteiger partial charge in [0.2, 0.25) is 10.0 Å². The van der Waals surface area contributed by atoms with Gasteiger partial charge in [0.05, 0.1) is 17.3 Å². The average molecular weight is 398 g/mol. The number of carbonyl (C=O) groups is 1. The maximum atomic E-state index is 13.1. The molecule has 1 fully saturated rings. The molecule has 3 aromatic rings. The van der Waals surface area contributed by atoms with E-state index in [1.807, 2.05) is 24.3 Å². The van der Waals surface area contributed by atoms with Crippen LogP contribution in [0, 0.1) is 0 Å². The second-order valence-corrected chi connectivity index (χ2v) is 8.87. The van der Waals surface area contributed by atoms with E-state index in [1.165, 1.54) is 18.5 Å². The molecular formula is C19H18N4O4S. The van der Waals surface area contributed by atoms with E-state index in [4.69, 9.17) is 4.74 Å². The number of likely N-dealkylation sites (tertiary alicyclic amines) is 1. The van der Waals surface area contributed by atoms with E-state index in [2.05, 4.69) is 14.7 Å². The summed E-state index contributed by atoms with van der Waals surface area (Å²) in [6, 6.07) is 9.14. The molecule has 8 nitrogen and oxygen atoms in total. The number of para-hydroxylation sites is 1. The molecule has 0 bridgehead atoms. The summed E-state index contributed by atoms with van der Waals surface area (Å²) >= 11 is 0. The Kier molecular flexibility index (Phi) is 3.72. The van der Waals surface area contributed by atoms with E-state index in [1.54, 1.807) is 11.1 Å². The highest BCUT2D eigenvalue weighted by Gasteiger charge is 2.46. The van der Waals surface area contributed by atoms with E-state index in [9.17, 15) is 13.2 Å². The molecule has 1 saturated heterocycles. The van der Waals surface area contributed by atoms with Crippen LogP contribution in [0.4, 0.5) is 0 Å². The summed E-state index contributed by atoms with van der Waals surface area (Å²) in [4.78, 5) is 21.8. The SMILES string of the molecule is O=C(c1c[nH]c2ccccc12)N1CCC2(COc3ccncc3S(=O)(=O)N2)C1. The van der Waals surface area contributed by atoms with Crippen molar-refractivity contribution in [3.05, 3.63) is 54.5 Å². The zero-order chi connectivity index (χ0) is 19.4. The summed E-state index contributed by atoms with van der Waals surface area (Å²) in [6.07, 6.45) is 4.95. The maximum Gasteiger partial charge on any atom is 0.256 e. The average Bonchev–Trinajstić information content (AvgIpc) is 3.28. The van der Waals surface area contributed by atoms with Crippen LogP contribution in [-0.2, 0) is 10.0 Å². The fourth-order valence-electron chi connectivity index (χ4n) is 3.94. The molecule has 4 heterocycles. The van der Waals surface area contributed by atoms with Gasteiger partial charge in [-0.1, -0.05) is 18.2 Å². The van der Waals surface area contributed by atoms with Crippen molar-refractivity contribution in [1.82, 2.24) is 19.6 Å². The van der Waals surface area contributed by atoms with Gasteiger partial charge >= 0.3 is 0 Å². The number of rotatable bonds is 1. The fraction of sp³-hybridized carbons (Fsp3) is 0.263. The summed E-state index contributed by atoms with van der Waals surface area (Å²) in [5, 5.41) is 0.852. The quantitative estimate of drug-likeness (QED) is 0.647. The van der Waals surface area contributed by atoms with Crippen molar-refractivity contribution in [2.75, 3.05) is 19.7 Å². The Morgan fingerprint density at radius 1 is 1.25 bits per heavy atom. The van der Waals surface area contributed by atoms with Crippen molar-refractivity contribution in [2.45, 2.75) is 16.9 Å². The zero-order valence-corrected chi connectivity index (χ0v) is 15.7. The van der Waals surface area contributed by atoms with Crippen molar-refractivity contribution in [1.29, 1.82) is 0 Å². The Morgan fingerprint density at radius 3 is 3.00 bits per heavy atom. The number of ether oxygens (including phenoxy) is 1. The van der Waals surface area contributed by atoms with E-state index in [-0.39, 0.29) is 29.7 Å². The molecule has 0 aliphatic carbocycles. The first-order valence-corrected chi connectivity index (χ1v) is 10.4. The van der Waals surface area contributed by atoms with E-state index in [0.29, 0.717) is 18.5 Å². The van der Waals surface area contributed by atoms with Gasteiger partial charge in [0, 0.05) is 36.4 Å². The van der Waals surface area contributed by atoms with Gasteiger partial charge in [-0.3, -0.25) is 9.78 Å². The number of nitrogens with zero attached hydrogens (tertiary/aromatic N) is 2. The number of aromatic amines is 1. The number of hydrogen-bond acceptors (Lipinski definition) is 5. The molecule has 5 rings (SSSR count). The number of nitrogens with one attached hydrogen (secondary N) is 2. The molecule has 2 aliphatic heterocycles. The lowest BCUT2D eigenvalue weighted by Gasteiger charge is -2.27. The molecule has 144 valence electrons. The number of sulfonamides is 1. The second-order valence-electron chi connectivity index (χ2n) is 7.22. The predicted molar refractivity (Wildman–Crippen MR) is 102 cm³/mol. The minimum Gasteiger partial charge on any atom is -0.490 e. The van der Waals surface area contributed by atoms with Gasteiger partial charge in [-0.25, -0.2) is 8.42 Å². The number of hydrogen-bond donors (Lipinski definition) is 2. The Balaban J connectivity index is 1.43. The molecule has 28 heavy (non-hydrogen) atoms. The molecule has 2 aliphatic rings. The smallest absolute Gasteiger partial charge is 0.256 e. The van der Waals surface area contributed by atoms with Gasteiger partial charge in [0.25, 0.3) is 5.91 Å². The number of fused-ring (bicyclic) bond motifs is 2. The van der Waals surface area contributed by atoms with Gasteiger partial charge in [-0.2, -0.15) is 4.72 Å². The largest absolute Gasteiger partial charge is 0.490 e. The van der Waals surface area contributed by atoms with Gasteiger partial charge in [0.15, 0.2) is 0 Å². The molecule has 1 spiro atoms. The molecule has 2 aromatic heterocycles. The molecule has 1 aromatic carbocycles. The second kappa shape index (κ2) is 6.05. The van der Waals surface area contributed by atoms with Crippen LogP contribution in [0.15, 0.2) is 53.8 Å². The topological polar surface area (TPSA) is 104 Å². The van der Waals surface area contributed by atoms with Crippen molar-refractivity contribution in [2.24, 2.45) is 0 Å². The third-order valence-electron chi connectivity index (χ3n) is 5.35. The summed E-state index contributed by atoms with van der Waals surface area (Å²) in [7, 11) is -3.79. The summed E-state index contributed by atoms with van der Waals surface area (Å²) in [6.45, 7) is 0.839. The van der Waals surface area contributed by atoms with Gasteiger partial charge < -0.3 is 14.6 Å². The Hall–Kier alpha value is -2.91. The predicted octanol–water partition coefficient (Wildman–Crippen LogP) is 1.52. The highest BCUT2D eigenvalue weighted by molar-refractivity contribution is 7.89. The fourth-order valence-corrected chi connectivity index (χ4v) is 5.44. The first-order chi connectivity index (χ1) is 13.5. The minimum atomic E-state index is -3.79. The van der Waals surface area contributed by atoms with Crippen LogP contribution in [0.25, 0.3) is 10.9 Å². The van der Waals surface area contributed by atoms with Gasteiger partial charge in [-0.15, -0.1) is 0 Å². The molecule has 0 radical (unpaired) electrons. The number of aromatic nitrogens is 2. The van der Waals surface area contributed by atoms with Crippen molar-refractivity contribution >= 4 is 26.8 Å². The summed E-state index contributed by atoms with van der Waals surface area (Å²) in [5.41, 5.74) is 0.610. The lowest BCUT2D eigenvalue weighted by molar-refractivity contribution is 0.0776. The van der Waals surface area contributed by atoms with E-state index < -0.39 is 15.6 Å².